The van der Waals surface area contributed by atoms with E-state index in [-0.39, 0.29) is 18.3 Å². The molecule has 0 aliphatic carbocycles. The Kier molecular flexibility index (Phi) is 1.75. The summed E-state index contributed by atoms with van der Waals surface area (Å²) in [5.41, 5.74) is -0.310. The smallest absolute Gasteiger partial charge is 0.117 e. The van der Waals surface area contributed by atoms with Crippen LogP contribution >= 0.6 is 0 Å². The van der Waals surface area contributed by atoms with E-state index in [9.17, 15) is 0 Å². The number of ether oxygens (including phenoxy) is 2. The van der Waals surface area contributed by atoms with Crippen molar-refractivity contribution in [3.8, 4) is 0 Å². The molecule has 1 heterocycles. The van der Waals surface area contributed by atoms with Gasteiger partial charge in [0.2, 0.25) is 0 Å². The number of aliphatic hydroxyl groups excluding tert-OH is 1. The molecule has 3 nitrogen and oxygen atoms in total. The fraction of sp³-hybridized carbons (Fsp3) is 1.00. The van der Waals surface area contributed by atoms with E-state index in [0.717, 1.165) is 0 Å². The quantitative estimate of drug-likeness (QED) is 0.540. The van der Waals surface area contributed by atoms with Crippen molar-refractivity contribution >= 4 is 0 Å². The van der Waals surface area contributed by atoms with Crippen LogP contribution in [0, 0.1) is 0 Å². The lowest BCUT2D eigenvalue weighted by Gasteiger charge is -1.97. The molecule has 0 spiro atoms. The topological polar surface area (TPSA) is 42.0 Å². The minimum atomic E-state index is -0.310. The van der Waals surface area contributed by atoms with Crippen molar-refractivity contribution in [2.24, 2.45) is 0 Å². The van der Waals surface area contributed by atoms with Gasteiger partial charge in [0.25, 0.3) is 0 Å². The summed E-state index contributed by atoms with van der Waals surface area (Å²) in [4.78, 5) is 0. The Morgan fingerprint density at radius 3 is 2.78 bits per heavy atom. The normalized spacial score (nSPS) is 41.0. The van der Waals surface area contributed by atoms with Gasteiger partial charge in [-0.05, 0) is 6.92 Å². The second kappa shape index (κ2) is 2.25. The lowest BCUT2D eigenvalue weighted by Crippen LogP contribution is -2.17. The van der Waals surface area contributed by atoms with Crippen molar-refractivity contribution < 1.29 is 14.6 Å². The molecule has 0 aromatic rings. The highest BCUT2D eigenvalue weighted by molar-refractivity contribution is 4.98. The lowest BCUT2D eigenvalue weighted by atomic mass is 10.1. The first-order chi connectivity index (χ1) is 4.23. The van der Waals surface area contributed by atoms with Gasteiger partial charge < -0.3 is 14.6 Å². The zero-order valence-corrected chi connectivity index (χ0v) is 5.76. The highest BCUT2D eigenvalue weighted by atomic mass is 16.6. The van der Waals surface area contributed by atoms with Crippen LogP contribution in [0.2, 0.25) is 0 Å². The maximum Gasteiger partial charge on any atom is 0.117 e. The zero-order chi connectivity index (χ0) is 6.91. The average Bonchev–Trinajstić information content (AvgIpc) is 2.46. The van der Waals surface area contributed by atoms with Crippen LogP contribution in [-0.2, 0) is 9.47 Å². The van der Waals surface area contributed by atoms with Crippen LogP contribution in [0.4, 0.5) is 0 Å². The molecule has 0 radical (unpaired) electrons. The number of epoxide rings is 1. The Morgan fingerprint density at radius 2 is 2.44 bits per heavy atom. The Bertz CT molecular complexity index is 102. The molecule has 0 aromatic carbocycles. The molecule has 0 aromatic heterocycles. The van der Waals surface area contributed by atoms with Gasteiger partial charge in [-0.1, -0.05) is 0 Å². The molecule has 1 aliphatic rings. The van der Waals surface area contributed by atoms with Crippen molar-refractivity contribution in [1.82, 2.24) is 0 Å². The molecule has 1 unspecified atom stereocenters. The molecule has 9 heavy (non-hydrogen) atoms. The van der Waals surface area contributed by atoms with Gasteiger partial charge in [0.05, 0.1) is 13.2 Å². The molecule has 3 heteroatoms. The Morgan fingerprint density at radius 1 is 1.78 bits per heavy atom. The van der Waals surface area contributed by atoms with Crippen LogP contribution < -0.4 is 0 Å². The highest BCUT2D eigenvalue weighted by Crippen LogP contribution is 2.35. The van der Waals surface area contributed by atoms with Gasteiger partial charge in [0.15, 0.2) is 0 Å². The third-order valence-corrected chi connectivity index (χ3v) is 1.67. The fourth-order valence-electron chi connectivity index (χ4n) is 0.792. The third kappa shape index (κ3) is 1.23. The molecule has 0 amide bonds. The molecule has 1 aliphatic heterocycles. The van der Waals surface area contributed by atoms with Crippen LogP contribution in [0.3, 0.4) is 0 Å². The van der Waals surface area contributed by atoms with E-state index < -0.39 is 0 Å². The Hall–Kier alpha value is -0.120. The Balaban J connectivity index is 2.22. The van der Waals surface area contributed by atoms with E-state index in [1.807, 2.05) is 6.92 Å². The molecular weight excluding hydrogens is 120 g/mol. The predicted octanol–water partition coefficient (Wildman–Crippen LogP) is -0.217. The van der Waals surface area contributed by atoms with Crippen LogP contribution in [0.25, 0.3) is 0 Å². The molecule has 1 saturated heterocycles. The van der Waals surface area contributed by atoms with Crippen LogP contribution in [-0.4, -0.2) is 37.1 Å². The number of hydrogen-bond donors (Lipinski definition) is 1. The van der Waals surface area contributed by atoms with Gasteiger partial charge in [-0.3, -0.25) is 0 Å². The van der Waals surface area contributed by atoms with Gasteiger partial charge in [-0.2, -0.15) is 0 Å². The second-order valence-corrected chi connectivity index (χ2v) is 2.53. The molecule has 2 atom stereocenters. The number of hydrogen-bond acceptors (Lipinski definition) is 3. The fourth-order valence-corrected chi connectivity index (χ4v) is 0.792. The van der Waals surface area contributed by atoms with E-state index in [1.165, 1.54) is 0 Å². The summed E-state index contributed by atoms with van der Waals surface area (Å²) in [6.45, 7) is 2.54. The van der Waals surface area contributed by atoms with Crippen molar-refractivity contribution in [2.45, 2.75) is 18.6 Å². The largest absolute Gasteiger partial charge is 0.393 e. The standard InChI is InChI=1S/C6H12O3/c1-6(4-7)5(9-6)3-8-2/h5,7H,3-4H2,1-2H3/t5?,6-/m1/s1. The first-order valence-electron chi connectivity index (χ1n) is 3.00. The van der Waals surface area contributed by atoms with Crippen molar-refractivity contribution in [1.29, 1.82) is 0 Å². The monoisotopic (exact) mass is 132 g/mol. The first kappa shape index (κ1) is 6.99. The first-order valence-corrected chi connectivity index (χ1v) is 3.00. The van der Waals surface area contributed by atoms with Crippen LogP contribution in [0.1, 0.15) is 6.92 Å². The van der Waals surface area contributed by atoms with Crippen molar-refractivity contribution in [2.75, 3.05) is 20.3 Å². The molecule has 0 saturated carbocycles. The van der Waals surface area contributed by atoms with Gasteiger partial charge >= 0.3 is 0 Å². The summed E-state index contributed by atoms with van der Waals surface area (Å²) in [6.07, 6.45) is 0.104. The maximum atomic E-state index is 8.68. The van der Waals surface area contributed by atoms with Crippen LogP contribution in [0.5, 0.6) is 0 Å². The highest BCUT2D eigenvalue weighted by Gasteiger charge is 2.51. The summed E-state index contributed by atoms with van der Waals surface area (Å²) >= 11 is 0. The summed E-state index contributed by atoms with van der Waals surface area (Å²) in [5.74, 6) is 0. The summed E-state index contributed by atoms with van der Waals surface area (Å²) in [5, 5.41) is 8.68. The second-order valence-electron chi connectivity index (χ2n) is 2.53. The van der Waals surface area contributed by atoms with E-state index in [0.29, 0.717) is 6.61 Å². The molecule has 54 valence electrons. The number of aliphatic hydroxyl groups is 1. The summed E-state index contributed by atoms with van der Waals surface area (Å²) < 4.78 is 9.95. The maximum absolute atomic E-state index is 8.68. The van der Waals surface area contributed by atoms with E-state index in [1.54, 1.807) is 7.11 Å². The summed E-state index contributed by atoms with van der Waals surface area (Å²) in [7, 11) is 1.62. The van der Waals surface area contributed by atoms with Gasteiger partial charge in [-0.25, -0.2) is 0 Å². The summed E-state index contributed by atoms with van der Waals surface area (Å²) in [6, 6.07) is 0. The predicted molar refractivity (Wildman–Crippen MR) is 32.2 cm³/mol. The average molecular weight is 132 g/mol. The molecule has 1 rings (SSSR count). The lowest BCUT2D eigenvalue weighted by molar-refractivity contribution is 0.166. The molecule has 1 fully saturated rings. The number of rotatable bonds is 3. The van der Waals surface area contributed by atoms with Crippen LogP contribution in [0.15, 0.2) is 0 Å². The molecule has 1 N–H and O–H groups in total. The van der Waals surface area contributed by atoms with Crippen molar-refractivity contribution in [3.63, 3.8) is 0 Å². The minimum absolute atomic E-state index is 0.0844. The van der Waals surface area contributed by atoms with Gasteiger partial charge in [0.1, 0.15) is 11.7 Å². The molecular formula is C6H12O3. The minimum Gasteiger partial charge on any atom is -0.393 e. The Labute approximate surface area is 54.6 Å². The van der Waals surface area contributed by atoms with Crippen molar-refractivity contribution in [3.05, 3.63) is 0 Å². The van der Waals surface area contributed by atoms with E-state index >= 15 is 0 Å². The van der Waals surface area contributed by atoms with Gasteiger partial charge in [0, 0.05) is 7.11 Å². The SMILES string of the molecule is COCC1O[C@]1(C)CO. The third-order valence-electron chi connectivity index (χ3n) is 1.67. The zero-order valence-electron chi connectivity index (χ0n) is 5.76. The molecule has 0 bridgehead atoms. The number of methoxy groups -OCH3 is 1. The van der Waals surface area contributed by atoms with Gasteiger partial charge in [-0.15, -0.1) is 0 Å². The van der Waals surface area contributed by atoms with E-state index in [4.69, 9.17) is 14.6 Å². The van der Waals surface area contributed by atoms with E-state index in [2.05, 4.69) is 0 Å².